The lowest BCUT2D eigenvalue weighted by molar-refractivity contribution is 1.26. The van der Waals surface area contributed by atoms with Crippen LogP contribution in [0.5, 0.6) is 0 Å². The van der Waals surface area contributed by atoms with Gasteiger partial charge < -0.3 is 0 Å². The number of nitrogens with zero attached hydrogens (tertiary/aromatic N) is 3. The normalized spacial score (nSPS) is 11.3. The third-order valence-electron chi connectivity index (χ3n) is 5.56. The van der Waals surface area contributed by atoms with Gasteiger partial charge in [0.1, 0.15) is 0 Å². The molecule has 3 heterocycles. The number of aromatic nitrogens is 3. The Labute approximate surface area is 173 Å². The summed E-state index contributed by atoms with van der Waals surface area (Å²) in [5.41, 5.74) is 4.66. The summed E-state index contributed by atoms with van der Waals surface area (Å²) < 4.78 is 0. The monoisotopic (exact) mass is 383 g/mol. The van der Waals surface area contributed by atoms with E-state index in [1.54, 1.807) is 6.20 Å². The van der Waals surface area contributed by atoms with E-state index in [-0.39, 0.29) is 0 Å². The maximum Gasteiger partial charge on any atom is 0.0972 e. The number of para-hydroxylation sites is 1. The van der Waals surface area contributed by atoms with Gasteiger partial charge in [-0.05, 0) is 41.1 Å². The summed E-state index contributed by atoms with van der Waals surface area (Å²) in [4.78, 5) is 14.2. The van der Waals surface area contributed by atoms with Crippen LogP contribution in [-0.2, 0) is 0 Å². The Balaban J connectivity index is 1.64. The Morgan fingerprint density at radius 1 is 0.533 bits per heavy atom. The minimum Gasteiger partial charge on any atom is -0.256 e. The topological polar surface area (TPSA) is 38.7 Å². The van der Waals surface area contributed by atoms with Crippen LogP contribution >= 0.6 is 0 Å². The second-order valence-corrected chi connectivity index (χ2v) is 7.33. The number of rotatable bonds is 2. The van der Waals surface area contributed by atoms with E-state index >= 15 is 0 Å². The van der Waals surface area contributed by atoms with E-state index in [1.807, 2.05) is 36.5 Å². The van der Waals surface area contributed by atoms with Crippen LogP contribution in [0.2, 0.25) is 0 Å². The summed E-state index contributed by atoms with van der Waals surface area (Å²) in [5.74, 6) is 0. The fraction of sp³-hybridized carbons (Fsp3) is 0. The highest BCUT2D eigenvalue weighted by Gasteiger charge is 2.13. The molecule has 0 saturated carbocycles. The van der Waals surface area contributed by atoms with Gasteiger partial charge in [0.25, 0.3) is 0 Å². The predicted octanol–water partition coefficient (Wildman–Crippen LogP) is 6.67. The molecule has 0 amide bonds. The summed E-state index contributed by atoms with van der Waals surface area (Å²) in [7, 11) is 0. The molecule has 0 spiro atoms. The van der Waals surface area contributed by atoms with Crippen molar-refractivity contribution in [2.75, 3.05) is 0 Å². The molecular formula is C27H17N3. The van der Waals surface area contributed by atoms with E-state index in [2.05, 4.69) is 65.6 Å². The molecule has 0 unspecified atom stereocenters. The molecule has 6 rings (SSSR count). The van der Waals surface area contributed by atoms with Gasteiger partial charge in [0.15, 0.2) is 0 Å². The number of hydrogen-bond donors (Lipinski definition) is 0. The van der Waals surface area contributed by atoms with Crippen molar-refractivity contribution < 1.29 is 0 Å². The Bertz CT molecular complexity index is 1510. The first-order valence-electron chi connectivity index (χ1n) is 9.96. The zero-order valence-corrected chi connectivity index (χ0v) is 16.2. The average molecular weight is 383 g/mol. The van der Waals surface area contributed by atoms with Crippen LogP contribution in [0.15, 0.2) is 103 Å². The van der Waals surface area contributed by atoms with Crippen molar-refractivity contribution in [2.24, 2.45) is 0 Å². The molecule has 0 radical (unpaired) electrons. The highest BCUT2D eigenvalue weighted by molar-refractivity contribution is 6.22. The molecule has 6 aromatic rings. The number of pyridine rings is 3. The largest absolute Gasteiger partial charge is 0.256 e. The van der Waals surface area contributed by atoms with Gasteiger partial charge in [0.2, 0.25) is 0 Å². The molecule has 140 valence electrons. The van der Waals surface area contributed by atoms with Gasteiger partial charge in [0.05, 0.1) is 22.6 Å². The zero-order chi connectivity index (χ0) is 19.9. The molecule has 0 aliphatic heterocycles. The van der Waals surface area contributed by atoms with Gasteiger partial charge in [0, 0.05) is 34.1 Å². The molecular weight excluding hydrogens is 366 g/mol. The van der Waals surface area contributed by atoms with Crippen LogP contribution < -0.4 is 0 Å². The van der Waals surface area contributed by atoms with Crippen molar-refractivity contribution in [3.05, 3.63) is 103 Å². The van der Waals surface area contributed by atoms with E-state index in [9.17, 15) is 0 Å². The third-order valence-corrected chi connectivity index (χ3v) is 5.56. The SMILES string of the molecule is c1ccc(-c2ccc(-c3nc4ccccc4c4c3ccc3ccccc34)nc2)nc1. The van der Waals surface area contributed by atoms with Crippen molar-refractivity contribution in [1.29, 1.82) is 0 Å². The van der Waals surface area contributed by atoms with Gasteiger partial charge in [-0.25, -0.2) is 4.98 Å². The first-order valence-corrected chi connectivity index (χ1v) is 9.96. The molecule has 0 saturated heterocycles. The number of fused-ring (bicyclic) bond motifs is 5. The molecule has 0 atom stereocenters. The standard InChI is InChI=1S/C27H17N3/c1-2-8-20-18(7-1)12-14-22-26(20)21-9-3-4-11-24(21)30-27(22)25-15-13-19(17-29-25)23-10-5-6-16-28-23/h1-17H. The van der Waals surface area contributed by atoms with Crippen molar-refractivity contribution in [2.45, 2.75) is 0 Å². The Kier molecular flexibility index (Phi) is 3.78. The van der Waals surface area contributed by atoms with Crippen LogP contribution in [0.25, 0.3) is 55.1 Å². The molecule has 0 fully saturated rings. The first-order chi connectivity index (χ1) is 14.9. The maximum absolute atomic E-state index is 5.00. The number of hydrogen-bond acceptors (Lipinski definition) is 3. The molecule has 30 heavy (non-hydrogen) atoms. The zero-order valence-electron chi connectivity index (χ0n) is 16.2. The fourth-order valence-electron chi connectivity index (χ4n) is 4.14. The van der Waals surface area contributed by atoms with Crippen LogP contribution in [-0.4, -0.2) is 15.0 Å². The minimum atomic E-state index is 0.862. The molecule has 0 N–H and O–H groups in total. The third kappa shape index (κ3) is 2.64. The van der Waals surface area contributed by atoms with Crippen molar-refractivity contribution in [1.82, 2.24) is 15.0 Å². The van der Waals surface area contributed by atoms with Gasteiger partial charge >= 0.3 is 0 Å². The van der Waals surface area contributed by atoms with Crippen LogP contribution in [0.1, 0.15) is 0 Å². The van der Waals surface area contributed by atoms with Crippen LogP contribution in [0, 0.1) is 0 Å². The summed E-state index contributed by atoms with van der Waals surface area (Å²) in [5, 5.41) is 5.97. The molecule has 0 aliphatic carbocycles. The minimum absolute atomic E-state index is 0.862. The van der Waals surface area contributed by atoms with E-state index in [1.165, 1.54) is 16.2 Å². The fourth-order valence-corrected chi connectivity index (χ4v) is 4.14. The second-order valence-electron chi connectivity index (χ2n) is 7.33. The smallest absolute Gasteiger partial charge is 0.0972 e. The highest BCUT2D eigenvalue weighted by Crippen LogP contribution is 2.36. The Morgan fingerprint density at radius 2 is 1.37 bits per heavy atom. The average Bonchev–Trinajstić information content (AvgIpc) is 2.84. The van der Waals surface area contributed by atoms with Crippen LogP contribution in [0.4, 0.5) is 0 Å². The van der Waals surface area contributed by atoms with E-state index in [4.69, 9.17) is 9.97 Å². The summed E-state index contributed by atoms with van der Waals surface area (Å²) in [6.45, 7) is 0. The van der Waals surface area contributed by atoms with Crippen molar-refractivity contribution >= 4 is 32.4 Å². The number of benzene rings is 3. The van der Waals surface area contributed by atoms with Crippen LogP contribution in [0.3, 0.4) is 0 Å². The summed E-state index contributed by atoms with van der Waals surface area (Å²) in [6.07, 6.45) is 3.67. The lowest BCUT2D eigenvalue weighted by Gasteiger charge is -2.12. The van der Waals surface area contributed by atoms with E-state index in [0.717, 1.165) is 38.9 Å². The first kappa shape index (κ1) is 16.8. The van der Waals surface area contributed by atoms with E-state index < -0.39 is 0 Å². The quantitative estimate of drug-likeness (QED) is 0.314. The highest BCUT2D eigenvalue weighted by atomic mass is 14.8. The van der Waals surface area contributed by atoms with Crippen molar-refractivity contribution in [3.63, 3.8) is 0 Å². The molecule has 3 heteroatoms. The Morgan fingerprint density at radius 3 is 2.20 bits per heavy atom. The summed E-state index contributed by atoms with van der Waals surface area (Å²) in [6, 6.07) is 31.2. The molecule has 3 aromatic carbocycles. The van der Waals surface area contributed by atoms with E-state index in [0.29, 0.717) is 0 Å². The van der Waals surface area contributed by atoms with Gasteiger partial charge in [-0.2, -0.15) is 0 Å². The van der Waals surface area contributed by atoms with Gasteiger partial charge in [-0.15, -0.1) is 0 Å². The lowest BCUT2D eigenvalue weighted by Crippen LogP contribution is -1.93. The predicted molar refractivity (Wildman–Crippen MR) is 123 cm³/mol. The van der Waals surface area contributed by atoms with Gasteiger partial charge in [-0.1, -0.05) is 60.7 Å². The lowest BCUT2D eigenvalue weighted by atomic mass is 9.96. The van der Waals surface area contributed by atoms with Crippen molar-refractivity contribution in [3.8, 4) is 22.6 Å². The molecule has 0 bridgehead atoms. The Hall–Kier alpha value is -4.11. The van der Waals surface area contributed by atoms with Gasteiger partial charge in [-0.3, -0.25) is 9.97 Å². The second kappa shape index (κ2) is 6.75. The maximum atomic E-state index is 5.00. The molecule has 0 aliphatic rings. The summed E-state index contributed by atoms with van der Waals surface area (Å²) >= 11 is 0. The molecule has 3 aromatic heterocycles. The molecule has 3 nitrogen and oxygen atoms in total.